The Labute approximate surface area is 193 Å². The number of hydrogen-bond donors (Lipinski definition) is 1. The Bertz CT molecular complexity index is 1390. The first kappa shape index (κ1) is 20.8. The summed E-state index contributed by atoms with van der Waals surface area (Å²) in [6.07, 6.45) is 0. The molecule has 5 rings (SSSR count). The Balaban J connectivity index is 1.56. The minimum atomic E-state index is -0.371. The maximum atomic E-state index is 13.3. The summed E-state index contributed by atoms with van der Waals surface area (Å²) < 4.78 is 2.75. The second-order valence-electron chi connectivity index (χ2n) is 7.58. The van der Waals surface area contributed by atoms with Crippen molar-refractivity contribution in [3.63, 3.8) is 0 Å². The predicted octanol–water partition coefficient (Wildman–Crippen LogP) is 3.20. The van der Waals surface area contributed by atoms with Gasteiger partial charge in [0, 0.05) is 35.3 Å². The first-order valence-electron chi connectivity index (χ1n) is 10.3. The smallest absolute Gasteiger partial charge is 0.351 e. The van der Waals surface area contributed by atoms with Gasteiger partial charge in [0.05, 0.1) is 11.0 Å². The number of nitrogens with zero attached hydrogens (tertiary/aromatic N) is 5. The molecule has 32 heavy (non-hydrogen) atoms. The van der Waals surface area contributed by atoms with Crippen LogP contribution in [0.25, 0.3) is 16.7 Å². The Morgan fingerprint density at radius 2 is 1.94 bits per heavy atom. The lowest BCUT2D eigenvalue weighted by molar-refractivity contribution is -0.117. The SMILES string of the molecule is Cc1c(Cl)cccc1NC(=O)Cn1nc2c(N3CCSCC3)nc3ccccc3n2c1=O. The Hall–Kier alpha value is -3.04. The second kappa shape index (κ2) is 8.48. The topological polar surface area (TPSA) is 84.5 Å². The monoisotopic (exact) mass is 468 g/mol. The zero-order valence-corrected chi connectivity index (χ0v) is 19.0. The minimum absolute atomic E-state index is 0.212. The van der Waals surface area contributed by atoms with Crippen LogP contribution >= 0.6 is 23.4 Å². The molecule has 1 fully saturated rings. The van der Waals surface area contributed by atoms with E-state index in [9.17, 15) is 9.59 Å². The van der Waals surface area contributed by atoms with Gasteiger partial charge < -0.3 is 10.2 Å². The van der Waals surface area contributed by atoms with Crippen molar-refractivity contribution in [2.75, 3.05) is 34.8 Å². The molecule has 0 unspecified atom stereocenters. The normalized spacial score (nSPS) is 14.2. The first-order chi connectivity index (χ1) is 15.5. The summed E-state index contributed by atoms with van der Waals surface area (Å²) in [6.45, 7) is 3.29. The molecule has 8 nitrogen and oxygen atoms in total. The highest BCUT2D eigenvalue weighted by Gasteiger charge is 2.22. The average Bonchev–Trinajstić information content (AvgIpc) is 3.13. The van der Waals surface area contributed by atoms with E-state index < -0.39 is 0 Å². The zero-order chi connectivity index (χ0) is 22.2. The molecule has 1 N–H and O–H groups in total. The van der Waals surface area contributed by atoms with Crippen molar-refractivity contribution >= 4 is 57.5 Å². The van der Waals surface area contributed by atoms with E-state index in [1.807, 2.05) is 43.0 Å². The van der Waals surface area contributed by atoms with Crippen LogP contribution in [0, 0.1) is 6.92 Å². The van der Waals surface area contributed by atoms with E-state index in [0.29, 0.717) is 33.2 Å². The van der Waals surface area contributed by atoms with Crippen molar-refractivity contribution in [3.8, 4) is 0 Å². The molecule has 0 bridgehead atoms. The summed E-state index contributed by atoms with van der Waals surface area (Å²) in [5.74, 6) is 2.31. The van der Waals surface area contributed by atoms with E-state index in [1.54, 1.807) is 22.6 Å². The van der Waals surface area contributed by atoms with E-state index in [2.05, 4.69) is 15.3 Å². The van der Waals surface area contributed by atoms with Crippen LogP contribution in [-0.4, -0.2) is 49.7 Å². The molecule has 2 aromatic carbocycles. The van der Waals surface area contributed by atoms with Crippen LogP contribution < -0.4 is 15.9 Å². The van der Waals surface area contributed by atoms with Gasteiger partial charge in [-0.1, -0.05) is 29.8 Å². The second-order valence-corrected chi connectivity index (χ2v) is 9.22. The van der Waals surface area contributed by atoms with Crippen LogP contribution in [0.15, 0.2) is 47.3 Å². The average molecular weight is 469 g/mol. The molecule has 164 valence electrons. The molecule has 1 aliphatic rings. The standard InChI is InChI=1S/C22H21ClN6O2S/c1-14-15(23)5-4-7-16(14)24-19(30)13-28-22(31)29-18-8-3-2-6-17(18)25-20(21(29)26-28)27-9-11-32-12-10-27/h2-8H,9-13H2,1H3,(H,24,30). The first-order valence-corrected chi connectivity index (χ1v) is 11.8. The fourth-order valence-electron chi connectivity index (χ4n) is 3.84. The van der Waals surface area contributed by atoms with Gasteiger partial charge in [-0.2, -0.15) is 11.8 Å². The number of benzene rings is 2. The van der Waals surface area contributed by atoms with Gasteiger partial charge in [0.1, 0.15) is 6.54 Å². The molecule has 0 saturated carbocycles. The van der Waals surface area contributed by atoms with Gasteiger partial charge in [0.2, 0.25) is 11.6 Å². The van der Waals surface area contributed by atoms with Crippen LogP contribution in [0.5, 0.6) is 0 Å². The molecule has 0 spiro atoms. The molecule has 1 aliphatic heterocycles. The largest absolute Gasteiger partial charge is 0.352 e. The number of anilines is 2. The lowest BCUT2D eigenvalue weighted by Gasteiger charge is -2.27. The van der Waals surface area contributed by atoms with Crippen molar-refractivity contribution in [1.29, 1.82) is 0 Å². The lowest BCUT2D eigenvalue weighted by atomic mass is 10.2. The van der Waals surface area contributed by atoms with Gasteiger partial charge in [-0.25, -0.2) is 18.9 Å². The molecule has 10 heteroatoms. The molecule has 0 radical (unpaired) electrons. The van der Waals surface area contributed by atoms with Crippen LogP contribution in [0.1, 0.15) is 5.56 Å². The molecular weight excluding hydrogens is 448 g/mol. The molecule has 1 amide bonds. The maximum Gasteiger partial charge on any atom is 0.351 e. The summed E-state index contributed by atoms with van der Waals surface area (Å²) in [5, 5.41) is 7.92. The molecule has 0 aliphatic carbocycles. The van der Waals surface area contributed by atoms with E-state index >= 15 is 0 Å². The van der Waals surface area contributed by atoms with Crippen LogP contribution in [0.2, 0.25) is 5.02 Å². The Morgan fingerprint density at radius 1 is 1.16 bits per heavy atom. The predicted molar refractivity (Wildman–Crippen MR) is 129 cm³/mol. The number of para-hydroxylation sites is 2. The van der Waals surface area contributed by atoms with Gasteiger partial charge in [-0.3, -0.25) is 4.79 Å². The van der Waals surface area contributed by atoms with Gasteiger partial charge in [0.15, 0.2) is 5.82 Å². The minimum Gasteiger partial charge on any atom is -0.352 e. The van der Waals surface area contributed by atoms with Gasteiger partial charge in [0.25, 0.3) is 0 Å². The molecule has 3 heterocycles. The number of thioether (sulfide) groups is 1. The number of halogens is 1. The number of carbonyl (C=O) groups excluding carboxylic acids is 1. The quantitative estimate of drug-likeness (QED) is 0.495. The van der Waals surface area contributed by atoms with E-state index in [-0.39, 0.29) is 18.1 Å². The van der Waals surface area contributed by atoms with Crippen molar-refractivity contribution in [2.24, 2.45) is 0 Å². The highest BCUT2D eigenvalue weighted by Crippen LogP contribution is 2.25. The summed E-state index contributed by atoms with van der Waals surface area (Å²) in [7, 11) is 0. The van der Waals surface area contributed by atoms with Gasteiger partial charge >= 0.3 is 5.69 Å². The highest BCUT2D eigenvalue weighted by atomic mass is 35.5. The van der Waals surface area contributed by atoms with Crippen molar-refractivity contribution < 1.29 is 4.79 Å². The third kappa shape index (κ3) is 3.71. The number of carbonyl (C=O) groups is 1. The third-order valence-electron chi connectivity index (χ3n) is 5.53. The van der Waals surface area contributed by atoms with Crippen LogP contribution in [-0.2, 0) is 11.3 Å². The van der Waals surface area contributed by atoms with E-state index in [0.717, 1.165) is 30.2 Å². The number of fused-ring (bicyclic) bond motifs is 3. The summed E-state index contributed by atoms with van der Waals surface area (Å²) in [5.41, 5.74) is 2.86. The molecule has 0 atom stereocenters. The number of nitrogens with one attached hydrogen (secondary N) is 1. The molecular formula is C22H21ClN6O2S. The fraction of sp³-hybridized carbons (Fsp3) is 0.273. The summed E-state index contributed by atoms with van der Waals surface area (Å²) in [6, 6.07) is 12.8. The van der Waals surface area contributed by atoms with E-state index in [4.69, 9.17) is 16.6 Å². The van der Waals surface area contributed by atoms with Crippen molar-refractivity contribution in [1.82, 2.24) is 19.2 Å². The number of hydrogen-bond acceptors (Lipinski definition) is 6. The van der Waals surface area contributed by atoms with Crippen molar-refractivity contribution in [2.45, 2.75) is 13.5 Å². The number of amides is 1. The zero-order valence-electron chi connectivity index (χ0n) is 17.4. The summed E-state index contributed by atoms with van der Waals surface area (Å²) >= 11 is 8.04. The third-order valence-corrected chi connectivity index (χ3v) is 6.89. The number of aromatic nitrogens is 4. The Morgan fingerprint density at radius 3 is 2.75 bits per heavy atom. The Kier molecular flexibility index (Phi) is 5.52. The maximum absolute atomic E-state index is 13.3. The highest BCUT2D eigenvalue weighted by molar-refractivity contribution is 7.99. The molecule has 4 aromatic rings. The molecule has 2 aromatic heterocycles. The molecule has 1 saturated heterocycles. The fourth-order valence-corrected chi connectivity index (χ4v) is 4.92. The summed E-state index contributed by atoms with van der Waals surface area (Å²) in [4.78, 5) is 33.0. The van der Waals surface area contributed by atoms with E-state index in [1.165, 1.54) is 4.68 Å². The van der Waals surface area contributed by atoms with Crippen molar-refractivity contribution in [3.05, 3.63) is 63.5 Å². The van der Waals surface area contributed by atoms with Crippen LogP contribution in [0.4, 0.5) is 11.5 Å². The van der Waals surface area contributed by atoms with Crippen LogP contribution in [0.3, 0.4) is 0 Å². The van der Waals surface area contributed by atoms with Gasteiger partial charge in [-0.05, 0) is 36.8 Å². The lowest BCUT2D eigenvalue weighted by Crippen LogP contribution is -2.33. The van der Waals surface area contributed by atoms with Gasteiger partial charge in [-0.15, -0.1) is 5.10 Å². The number of rotatable bonds is 4.